The Morgan fingerprint density at radius 3 is 1.55 bits per heavy atom. The van der Waals surface area contributed by atoms with Crippen molar-refractivity contribution in [1.29, 1.82) is 0 Å². The van der Waals surface area contributed by atoms with Gasteiger partial charge in [0.2, 0.25) is 20.0 Å². The van der Waals surface area contributed by atoms with Gasteiger partial charge in [0.05, 0.1) is 18.3 Å². The van der Waals surface area contributed by atoms with Crippen LogP contribution >= 0.6 is 23.5 Å². The number of hydrogen-bond donors (Lipinski definition) is 4. The van der Waals surface area contributed by atoms with Gasteiger partial charge in [0.15, 0.2) is 0 Å². The molecule has 0 aliphatic rings. The maximum Gasteiger partial charge on any atom is 0.242 e. The highest BCUT2D eigenvalue weighted by Crippen LogP contribution is 2.19. The molecule has 0 spiro atoms. The van der Waals surface area contributed by atoms with E-state index in [9.17, 15) is 21.2 Å². The molecular weight excluding hydrogens is 459 g/mol. The van der Waals surface area contributed by atoms with Gasteiger partial charge in [-0.05, 0) is 61.0 Å². The number of nitrogens with one attached hydrogen (secondary N) is 1. The molecule has 0 amide bonds. The number of hydrogen-bond acceptors (Lipinski definition) is 8. The topological polar surface area (TPSA) is 158 Å². The van der Waals surface area contributed by atoms with Crippen molar-refractivity contribution in [3.8, 4) is 0 Å². The minimum atomic E-state index is -3.58. The van der Waals surface area contributed by atoms with Crippen LogP contribution in [0.15, 0.2) is 58.3 Å². The van der Waals surface area contributed by atoms with Crippen LogP contribution in [0, 0.1) is 0 Å². The van der Waals surface area contributed by atoms with E-state index < -0.39 is 27.2 Å². The Kier molecular flexibility index (Phi) is 11.4. The van der Waals surface area contributed by atoms with E-state index in [1.807, 2.05) is 12.5 Å². The zero-order valence-corrected chi connectivity index (χ0v) is 19.0. The van der Waals surface area contributed by atoms with Crippen LogP contribution in [0.1, 0.15) is 1.37 Å². The Balaban J connectivity index is 0.000000521. The minimum Gasteiger partial charge on any atom is -0.399 e. The van der Waals surface area contributed by atoms with Crippen LogP contribution in [0.4, 0.5) is 15.8 Å². The molecule has 13 heteroatoms. The van der Waals surface area contributed by atoms with E-state index in [-0.39, 0.29) is 14.5 Å². The van der Waals surface area contributed by atoms with Gasteiger partial charge in [0.25, 0.3) is 0 Å². The van der Waals surface area contributed by atoms with Crippen LogP contribution in [-0.4, -0.2) is 41.2 Å². The van der Waals surface area contributed by atoms with E-state index >= 15 is 0 Å². The molecule has 164 valence electrons. The van der Waals surface area contributed by atoms with Gasteiger partial charge >= 0.3 is 0 Å². The number of thioether (sulfide) groups is 2. The highest BCUT2D eigenvalue weighted by Gasteiger charge is 2.18. The molecule has 0 unspecified atom stereocenters. The third-order valence-electron chi connectivity index (χ3n) is 3.08. The molecule has 0 aliphatic carbocycles. The predicted molar refractivity (Wildman–Crippen MR) is 121 cm³/mol. The van der Waals surface area contributed by atoms with Crippen molar-refractivity contribution in [2.24, 2.45) is 5.14 Å². The second kappa shape index (κ2) is 12.9. The average Bonchev–Trinajstić information content (AvgIpc) is 2.67. The first kappa shape index (κ1) is 25.5. The Hall–Kier alpha value is -1.51. The Morgan fingerprint density at radius 2 is 1.24 bits per heavy atom. The number of halogens is 1. The molecule has 29 heavy (non-hydrogen) atoms. The van der Waals surface area contributed by atoms with Crippen LogP contribution in [0.5, 0.6) is 0 Å². The van der Waals surface area contributed by atoms with Crippen LogP contribution in [0.25, 0.3) is 0 Å². The van der Waals surface area contributed by atoms with Crippen LogP contribution < -0.4 is 21.3 Å². The maximum absolute atomic E-state index is 11.9. The lowest BCUT2D eigenvalue weighted by atomic mass is 10.3. The summed E-state index contributed by atoms with van der Waals surface area (Å²) in [6.07, 6.45) is 3.71. The lowest BCUT2D eigenvalue weighted by Gasteiger charge is -2.13. The van der Waals surface area contributed by atoms with Crippen molar-refractivity contribution < 1.29 is 22.6 Å². The Morgan fingerprint density at radius 1 is 0.897 bits per heavy atom. The zero-order valence-electron chi connectivity index (χ0n) is 16.8. The number of nitrogen functional groups attached to an aromatic ring is 2. The van der Waals surface area contributed by atoms with Gasteiger partial charge < -0.3 is 11.5 Å². The van der Waals surface area contributed by atoms with Crippen molar-refractivity contribution in [3.05, 3.63) is 48.5 Å². The van der Waals surface area contributed by atoms with E-state index in [1.165, 1.54) is 59.9 Å². The van der Waals surface area contributed by atoms with Gasteiger partial charge in [-0.15, -0.1) is 23.5 Å². The van der Waals surface area contributed by atoms with Crippen LogP contribution in [0.2, 0.25) is 0 Å². The fraction of sp³-hybridized carbons (Fsp3) is 0.250. The van der Waals surface area contributed by atoms with Crippen LogP contribution in [0.3, 0.4) is 0 Å². The summed E-state index contributed by atoms with van der Waals surface area (Å²) in [6.45, 7) is 0. The molecule has 0 fully saturated rings. The molecule has 0 atom stereocenters. The monoisotopic (exact) mass is 485 g/mol. The van der Waals surface area contributed by atoms with Gasteiger partial charge in [-0.3, -0.25) is 4.39 Å². The summed E-state index contributed by atoms with van der Waals surface area (Å²) in [7, 11) is -8.02. The average molecular weight is 486 g/mol. The SMILES string of the molecule is CSC(NS(=O)(=O)c1ccc(N)cc1)SC.Nc1ccc(S(N)(=O)=O)cc1.[2H]CF. The van der Waals surface area contributed by atoms with E-state index in [0.717, 1.165) is 0 Å². The molecule has 0 saturated carbocycles. The van der Waals surface area contributed by atoms with Crippen molar-refractivity contribution in [2.45, 2.75) is 14.5 Å². The summed E-state index contributed by atoms with van der Waals surface area (Å²) in [5.41, 5.74) is 11.9. The van der Waals surface area contributed by atoms with E-state index in [1.54, 1.807) is 12.1 Å². The van der Waals surface area contributed by atoms with Gasteiger partial charge in [-0.25, -0.2) is 22.0 Å². The van der Waals surface area contributed by atoms with E-state index in [0.29, 0.717) is 11.4 Å². The third-order valence-corrected chi connectivity index (χ3v) is 7.99. The first-order valence-electron chi connectivity index (χ1n) is 8.29. The number of anilines is 2. The normalized spacial score (nSPS) is 11.6. The highest BCUT2D eigenvalue weighted by molar-refractivity contribution is 8.16. The first-order chi connectivity index (χ1) is 13.9. The first-order valence-corrected chi connectivity index (χ1v) is 13.2. The van der Waals surface area contributed by atoms with Gasteiger partial charge in [0.1, 0.15) is 4.71 Å². The summed E-state index contributed by atoms with van der Waals surface area (Å²) >= 11 is 2.89. The van der Waals surface area contributed by atoms with Gasteiger partial charge in [-0.2, -0.15) is 4.72 Å². The fourth-order valence-corrected chi connectivity index (χ4v) is 5.39. The minimum absolute atomic E-state index is 0.0756. The van der Waals surface area contributed by atoms with Gasteiger partial charge in [-0.1, -0.05) is 0 Å². The lowest BCUT2D eigenvalue weighted by Crippen LogP contribution is -2.29. The lowest BCUT2D eigenvalue weighted by molar-refractivity contribution is 0.585. The molecule has 0 saturated heterocycles. The second-order valence-corrected chi connectivity index (χ2v) is 10.6. The van der Waals surface area contributed by atoms with E-state index in [4.69, 9.17) is 18.0 Å². The number of nitrogens with two attached hydrogens (primary N) is 3. The molecule has 0 bridgehead atoms. The standard InChI is InChI=1S/C9H14N2O2S3.C6H8N2O2S.CH3F/c1-14-9(15-2)11-16(12,13)8-5-3-7(10)4-6-8;7-5-1-3-6(4-2-5)11(8,9)10;1-2/h3-6,9,11H,10H2,1-2H3;1-4H,7H2,(H2,8,9,10);1H3/i;;1D. The largest absolute Gasteiger partial charge is 0.399 e. The molecule has 7 N–H and O–H groups in total. The highest BCUT2D eigenvalue weighted by atomic mass is 32.2. The molecule has 0 radical (unpaired) electrons. The Labute approximate surface area is 181 Å². The van der Waals surface area contributed by atoms with Crippen LogP contribution in [-0.2, 0) is 20.0 Å². The zero-order chi connectivity index (χ0) is 23.4. The number of rotatable bonds is 6. The summed E-state index contributed by atoms with van der Waals surface area (Å²) in [6, 6.07) is 11.8. The van der Waals surface area contributed by atoms with Crippen molar-refractivity contribution in [3.63, 3.8) is 0 Å². The van der Waals surface area contributed by atoms with Crippen molar-refractivity contribution in [1.82, 2.24) is 4.72 Å². The number of benzene rings is 2. The molecule has 0 aliphatic heterocycles. The summed E-state index contributed by atoms with van der Waals surface area (Å²) < 4.78 is 63.1. The van der Waals surface area contributed by atoms with Gasteiger partial charge in [0, 0.05) is 11.4 Å². The second-order valence-electron chi connectivity index (χ2n) is 5.11. The number of primary sulfonamides is 1. The number of sulfonamides is 2. The van der Waals surface area contributed by atoms with E-state index in [2.05, 4.69) is 4.72 Å². The molecular formula is C16H25FN4O4S4. The summed E-state index contributed by atoms with van der Waals surface area (Å²) in [4.78, 5) is 0.307. The molecule has 2 aromatic carbocycles. The smallest absolute Gasteiger partial charge is 0.242 e. The van der Waals surface area contributed by atoms with Crippen molar-refractivity contribution in [2.75, 3.05) is 31.1 Å². The summed E-state index contributed by atoms with van der Waals surface area (Å²) in [5, 5.41) is 4.84. The Bertz CT molecular complexity index is 956. The predicted octanol–water partition coefficient (Wildman–Crippen LogP) is 2.06. The summed E-state index contributed by atoms with van der Waals surface area (Å²) in [5.74, 6) is 0. The van der Waals surface area contributed by atoms with Crippen molar-refractivity contribution >= 4 is 54.9 Å². The fourth-order valence-electron chi connectivity index (χ4n) is 1.69. The molecule has 0 aromatic heterocycles. The molecule has 2 aromatic rings. The quantitative estimate of drug-likeness (QED) is 0.357. The molecule has 8 nitrogen and oxygen atoms in total. The number of alkyl halides is 1. The molecule has 0 heterocycles. The third kappa shape index (κ3) is 10.2. The molecule has 2 rings (SSSR count). The maximum atomic E-state index is 11.9.